The van der Waals surface area contributed by atoms with Gasteiger partial charge in [0.05, 0.1) is 19.3 Å². The van der Waals surface area contributed by atoms with Crippen LogP contribution in [0.5, 0.6) is 0 Å². The zero-order valence-corrected chi connectivity index (χ0v) is 20.0. The zero-order chi connectivity index (χ0) is 23.6. The van der Waals surface area contributed by atoms with Crippen LogP contribution in [-0.2, 0) is 26.1 Å². The lowest BCUT2D eigenvalue weighted by Gasteiger charge is -2.18. The first-order valence-electron chi connectivity index (χ1n) is 11.0. The third-order valence-electron chi connectivity index (χ3n) is 6.06. The number of nitrogens with one attached hydrogen (secondary N) is 1. The summed E-state index contributed by atoms with van der Waals surface area (Å²) in [4.78, 5) is 18.9. The quantitative estimate of drug-likeness (QED) is 0.611. The third-order valence-corrected chi connectivity index (χ3v) is 7.31. The highest BCUT2D eigenvalue weighted by Gasteiger charge is 2.32. The maximum atomic E-state index is 12.5. The predicted octanol–water partition coefficient (Wildman–Crippen LogP) is 2.20. The van der Waals surface area contributed by atoms with Crippen LogP contribution in [0.4, 0.5) is 5.82 Å². The number of ketones is 1. The molecule has 4 rings (SSSR count). The molecule has 0 aromatic carbocycles. The van der Waals surface area contributed by atoms with Crippen LogP contribution in [0.25, 0.3) is 6.08 Å². The van der Waals surface area contributed by atoms with E-state index in [2.05, 4.69) is 29.4 Å². The topological polar surface area (TPSA) is 91.8 Å². The Hall–Kier alpha value is -2.75. The average molecular weight is 471 g/mol. The Balaban J connectivity index is 1.36. The molecular weight excluding hydrogens is 440 g/mol. The van der Waals surface area contributed by atoms with Crippen LogP contribution in [0, 0.1) is 5.92 Å². The van der Waals surface area contributed by atoms with Crippen LogP contribution >= 0.6 is 0 Å². The Morgan fingerprint density at radius 2 is 2.15 bits per heavy atom. The fourth-order valence-electron chi connectivity index (χ4n) is 4.25. The number of nitrogens with zero attached hydrogens (tertiary/aromatic N) is 3. The van der Waals surface area contributed by atoms with Crippen molar-refractivity contribution in [2.45, 2.75) is 19.6 Å². The van der Waals surface area contributed by atoms with Crippen LogP contribution in [0.2, 0.25) is 0 Å². The van der Waals surface area contributed by atoms with Crippen LogP contribution < -0.4 is 5.32 Å². The molecule has 33 heavy (non-hydrogen) atoms. The van der Waals surface area contributed by atoms with Crippen LogP contribution in [0.1, 0.15) is 18.1 Å². The van der Waals surface area contributed by atoms with E-state index in [1.807, 2.05) is 30.2 Å². The fourth-order valence-corrected chi connectivity index (χ4v) is 5.05. The average Bonchev–Trinajstić information content (AvgIpc) is 2.93. The summed E-state index contributed by atoms with van der Waals surface area (Å²) in [6, 6.07) is 1.87. The van der Waals surface area contributed by atoms with Gasteiger partial charge in [-0.1, -0.05) is 18.2 Å². The van der Waals surface area contributed by atoms with Crippen LogP contribution in [-0.4, -0.2) is 74.0 Å². The van der Waals surface area contributed by atoms with Gasteiger partial charge in [0.1, 0.15) is 17.7 Å². The second-order valence-corrected chi connectivity index (χ2v) is 10.7. The molecule has 2 aliphatic heterocycles. The highest BCUT2D eigenvalue weighted by Crippen LogP contribution is 2.34. The molecule has 0 amide bonds. The summed E-state index contributed by atoms with van der Waals surface area (Å²) in [7, 11) is -1.40. The number of pyridine rings is 1. The monoisotopic (exact) mass is 470 g/mol. The van der Waals surface area contributed by atoms with Crippen molar-refractivity contribution in [2.24, 2.45) is 5.92 Å². The first kappa shape index (κ1) is 23.4. The normalized spacial score (nSPS) is 22.8. The number of ether oxygens (including phenoxy) is 1. The molecular formula is C24H30N4O4S. The standard InChI is InChI=1S/C24H30N4O4S/c1-17-21-6-4-5-7-22(21)32-23(17)16-27(2)15-20(29)9-8-18-12-19-14-28(33(3,30)31)11-10-25-24(19)26-13-18/h4-9,12-13,21-22H,10-11,14-16H2,1-3H3,(H,25,26)/b9-8+/t21-,22?/m0/s1. The number of hydrogen-bond donors (Lipinski definition) is 1. The number of sulfonamides is 1. The number of hydrogen-bond acceptors (Lipinski definition) is 7. The van der Waals surface area contributed by atoms with E-state index in [0.717, 1.165) is 16.9 Å². The second-order valence-electron chi connectivity index (χ2n) is 8.76. The molecule has 3 heterocycles. The van der Waals surface area contributed by atoms with E-state index < -0.39 is 10.0 Å². The molecule has 1 aromatic rings. The van der Waals surface area contributed by atoms with E-state index in [1.54, 1.807) is 18.3 Å². The molecule has 3 aliphatic rings. The van der Waals surface area contributed by atoms with Crippen molar-refractivity contribution in [2.75, 3.05) is 44.8 Å². The Kier molecular flexibility index (Phi) is 6.83. The SMILES string of the molecule is CC1=C(CN(C)CC(=O)/C=C/c2cnc3c(c2)CN(S(C)(=O)=O)CCN3)OC2C=CC=C[C@@H]12. The molecule has 1 aliphatic carbocycles. The van der Waals surface area contributed by atoms with E-state index >= 15 is 0 Å². The van der Waals surface area contributed by atoms with E-state index in [0.29, 0.717) is 25.5 Å². The smallest absolute Gasteiger partial charge is 0.211 e. The highest BCUT2D eigenvalue weighted by molar-refractivity contribution is 7.88. The van der Waals surface area contributed by atoms with Gasteiger partial charge in [-0.25, -0.2) is 13.4 Å². The Bertz CT molecular complexity index is 1150. The maximum Gasteiger partial charge on any atom is 0.211 e. The molecule has 2 atom stereocenters. The summed E-state index contributed by atoms with van der Waals surface area (Å²) in [6.07, 6.45) is 14.5. The molecule has 0 spiro atoms. The highest BCUT2D eigenvalue weighted by atomic mass is 32.2. The first-order chi connectivity index (χ1) is 15.7. The fraction of sp³-hybridized carbons (Fsp3) is 0.417. The lowest BCUT2D eigenvalue weighted by molar-refractivity contribution is -0.115. The van der Waals surface area contributed by atoms with Gasteiger partial charge < -0.3 is 10.1 Å². The Morgan fingerprint density at radius 3 is 2.91 bits per heavy atom. The van der Waals surface area contributed by atoms with Gasteiger partial charge in [-0.05, 0) is 49.4 Å². The second kappa shape index (κ2) is 9.62. The van der Waals surface area contributed by atoms with Gasteiger partial charge in [-0.3, -0.25) is 9.69 Å². The number of rotatable bonds is 7. The van der Waals surface area contributed by atoms with Crippen molar-refractivity contribution in [3.63, 3.8) is 0 Å². The summed E-state index contributed by atoms with van der Waals surface area (Å²) in [5.74, 6) is 1.85. The van der Waals surface area contributed by atoms with E-state index in [-0.39, 0.29) is 30.9 Å². The minimum atomic E-state index is -3.30. The number of likely N-dealkylation sites (N-methyl/N-ethyl adjacent to an activating group) is 1. The van der Waals surface area contributed by atoms with Gasteiger partial charge >= 0.3 is 0 Å². The van der Waals surface area contributed by atoms with Gasteiger partial charge in [-0.2, -0.15) is 4.31 Å². The van der Waals surface area contributed by atoms with Gasteiger partial charge in [0.15, 0.2) is 5.78 Å². The predicted molar refractivity (Wildman–Crippen MR) is 129 cm³/mol. The lowest BCUT2D eigenvalue weighted by Crippen LogP contribution is -2.31. The first-order valence-corrected chi connectivity index (χ1v) is 12.8. The number of carbonyl (C=O) groups excluding carboxylic acids is 1. The molecule has 0 saturated heterocycles. The summed E-state index contributed by atoms with van der Waals surface area (Å²) >= 11 is 0. The largest absolute Gasteiger partial charge is 0.488 e. The molecule has 0 fully saturated rings. The number of anilines is 1. The molecule has 176 valence electrons. The van der Waals surface area contributed by atoms with Gasteiger partial charge in [0.25, 0.3) is 0 Å². The Morgan fingerprint density at radius 1 is 1.36 bits per heavy atom. The minimum absolute atomic E-state index is 0.0308. The molecule has 0 saturated carbocycles. The lowest BCUT2D eigenvalue weighted by atomic mass is 9.92. The Labute approximate surface area is 195 Å². The summed E-state index contributed by atoms with van der Waals surface area (Å²) in [5.41, 5.74) is 2.75. The van der Waals surface area contributed by atoms with Crippen molar-refractivity contribution in [1.82, 2.24) is 14.2 Å². The van der Waals surface area contributed by atoms with E-state index in [9.17, 15) is 13.2 Å². The summed E-state index contributed by atoms with van der Waals surface area (Å²) in [5, 5.41) is 3.16. The minimum Gasteiger partial charge on any atom is -0.488 e. The molecule has 0 bridgehead atoms. The maximum absolute atomic E-state index is 12.5. The molecule has 1 N–H and O–H groups in total. The van der Waals surface area contributed by atoms with Gasteiger partial charge in [-0.15, -0.1) is 0 Å². The molecule has 8 nitrogen and oxygen atoms in total. The molecule has 0 radical (unpaired) electrons. The molecule has 9 heteroatoms. The number of carbonyl (C=O) groups is 1. The van der Waals surface area contributed by atoms with Gasteiger partial charge in [0, 0.05) is 37.3 Å². The number of allylic oxidation sites excluding steroid dienone is 2. The number of aromatic nitrogens is 1. The van der Waals surface area contributed by atoms with Gasteiger partial charge in [0.2, 0.25) is 10.0 Å². The van der Waals surface area contributed by atoms with Crippen LogP contribution in [0.3, 0.4) is 0 Å². The molecule has 1 aromatic heterocycles. The van der Waals surface area contributed by atoms with Crippen molar-refractivity contribution in [1.29, 1.82) is 0 Å². The third kappa shape index (κ3) is 5.61. The summed E-state index contributed by atoms with van der Waals surface area (Å²) < 4.78 is 31.4. The molecule has 1 unspecified atom stereocenters. The van der Waals surface area contributed by atoms with E-state index in [4.69, 9.17) is 4.74 Å². The van der Waals surface area contributed by atoms with Crippen molar-refractivity contribution < 1.29 is 17.9 Å². The number of fused-ring (bicyclic) bond motifs is 2. The summed E-state index contributed by atoms with van der Waals surface area (Å²) in [6.45, 7) is 4.07. The zero-order valence-electron chi connectivity index (χ0n) is 19.2. The van der Waals surface area contributed by atoms with Crippen molar-refractivity contribution >= 4 is 27.7 Å². The van der Waals surface area contributed by atoms with Crippen LogP contribution in [0.15, 0.2) is 54.0 Å². The van der Waals surface area contributed by atoms with Crippen molar-refractivity contribution in [3.8, 4) is 0 Å². The van der Waals surface area contributed by atoms with E-state index in [1.165, 1.54) is 16.1 Å². The van der Waals surface area contributed by atoms with Crippen molar-refractivity contribution in [3.05, 3.63) is 65.1 Å².